The molecule has 0 heterocycles. The van der Waals surface area contributed by atoms with Gasteiger partial charge in [0.2, 0.25) is 0 Å². The summed E-state index contributed by atoms with van der Waals surface area (Å²) < 4.78 is 43.8. The van der Waals surface area contributed by atoms with E-state index >= 15 is 0 Å². The number of aliphatic hydroxyl groups is 1. The molecule has 1 atom stereocenters. The predicted molar refractivity (Wildman–Crippen MR) is 52.3 cm³/mol. The first kappa shape index (κ1) is 13.5. The molecule has 0 amide bonds. The Morgan fingerprint density at radius 3 is 2.47 bits per heavy atom. The van der Waals surface area contributed by atoms with Crippen LogP contribution in [0.15, 0.2) is 12.1 Å². The number of nitrogens with zero attached hydrogens (tertiary/aromatic N) is 1. The quantitative estimate of drug-likeness (QED) is 0.638. The van der Waals surface area contributed by atoms with E-state index in [4.69, 9.17) is 15.1 Å². The van der Waals surface area contributed by atoms with Crippen LogP contribution in [0.3, 0.4) is 0 Å². The summed E-state index contributed by atoms with van der Waals surface area (Å²) in [5.74, 6) is -3.61. The maximum Gasteiger partial charge on any atom is 0.171 e. The van der Waals surface area contributed by atoms with Crippen LogP contribution in [0.5, 0.6) is 0 Å². The SMILES string of the molecule is N#CC(OCCCO)c1cc(F)c(F)cc1F. The van der Waals surface area contributed by atoms with E-state index in [1.165, 1.54) is 0 Å². The van der Waals surface area contributed by atoms with Crippen molar-refractivity contribution in [3.63, 3.8) is 0 Å². The van der Waals surface area contributed by atoms with Gasteiger partial charge >= 0.3 is 0 Å². The number of nitriles is 1. The monoisotopic (exact) mass is 245 g/mol. The molecule has 1 N–H and O–H groups in total. The zero-order chi connectivity index (χ0) is 12.8. The van der Waals surface area contributed by atoms with Crippen molar-refractivity contribution in [3.05, 3.63) is 35.1 Å². The van der Waals surface area contributed by atoms with Crippen molar-refractivity contribution in [2.75, 3.05) is 13.2 Å². The molecule has 17 heavy (non-hydrogen) atoms. The van der Waals surface area contributed by atoms with Gasteiger partial charge in [-0.1, -0.05) is 0 Å². The van der Waals surface area contributed by atoms with Crippen LogP contribution < -0.4 is 0 Å². The zero-order valence-corrected chi connectivity index (χ0v) is 8.79. The minimum Gasteiger partial charge on any atom is -0.396 e. The lowest BCUT2D eigenvalue weighted by Crippen LogP contribution is -2.08. The summed E-state index contributed by atoms with van der Waals surface area (Å²) in [6.45, 7) is -0.119. The normalized spacial score (nSPS) is 12.2. The van der Waals surface area contributed by atoms with Gasteiger partial charge in [0.15, 0.2) is 17.7 Å². The van der Waals surface area contributed by atoms with Crippen molar-refractivity contribution in [3.8, 4) is 6.07 Å². The molecular formula is C11H10F3NO2. The highest BCUT2D eigenvalue weighted by Gasteiger charge is 2.19. The van der Waals surface area contributed by atoms with E-state index in [-0.39, 0.29) is 25.2 Å². The topological polar surface area (TPSA) is 53.2 Å². The maximum absolute atomic E-state index is 13.3. The van der Waals surface area contributed by atoms with E-state index in [0.29, 0.717) is 12.1 Å². The second kappa shape index (κ2) is 6.23. The lowest BCUT2D eigenvalue weighted by Gasteiger charge is -2.11. The molecule has 1 rings (SSSR count). The molecule has 0 aliphatic carbocycles. The lowest BCUT2D eigenvalue weighted by molar-refractivity contribution is 0.0750. The van der Waals surface area contributed by atoms with Gasteiger partial charge in [-0.2, -0.15) is 5.26 Å². The number of hydrogen-bond donors (Lipinski definition) is 1. The maximum atomic E-state index is 13.3. The Morgan fingerprint density at radius 2 is 1.88 bits per heavy atom. The van der Waals surface area contributed by atoms with Crippen LogP contribution >= 0.6 is 0 Å². The second-order valence-electron chi connectivity index (χ2n) is 3.24. The van der Waals surface area contributed by atoms with Crippen LogP contribution in [0.4, 0.5) is 13.2 Å². The van der Waals surface area contributed by atoms with E-state index < -0.39 is 23.6 Å². The van der Waals surface area contributed by atoms with Crippen molar-refractivity contribution in [2.45, 2.75) is 12.5 Å². The van der Waals surface area contributed by atoms with Gasteiger partial charge in [0.05, 0.1) is 12.7 Å². The third-order valence-electron chi connectivity index (χ3n) is 2.03. The highest BCUT2D eigenvalue weighted by molar-refractivity contribution is 5.26. The summed E-state index contributed by atoms with van der Waals surface area (Å²) in [6.07, 6.45) is -1.06. The average molecular weight is 245 g/mol. The molecule has 1 unspecified atom stereocenters. The Morgan fingerprint density at radius 1 is 1.24 bits per heavy atom. The molecule has 92 valence electrons. The van der Waals surface area contributed by atoms with Gasteiger partial charge in [0.25, 0.3) is 0 Å². The molecule has 0 saturated heterocycles. The van der Waals surface area contributed by atoms with E-state index in [9.17, 15) is 13.2 Å². The van der Waals surface area contributed by atoms with Crippen LogP contribution in [-0.2, 0) is 4.74 Å². The van der Waals surface area contributed by atoms with Crippen molar-refractivity contribution in [1.29, 1.82) is 5.26 Å². The van der Waals surface area contributed by atoms with Gasteiger partial charge in [-0.3, -0.25) is 0 Å². The van der Waals surface area contributed by atoms with Crippen molar-refractivity contribution in [2.24, 2.45) is 0 Å². The van der Waals surface area contributed by atoms with E-state index in [1.807, 2.05) is 0 Å². The van der Waals surface area contributed by atoms with Gasteiger partial charge in [0.1, 0.15) is 5.82 Å². The number of hydrogen-bond acceptors (Lipinski definition) is 3. The minimum absolute atomic E-state index is 0.0210. The summed E-state index contributed by atoms with van der Waals surface area (Å²) in [6, 6.07) is 2.59. The summed E-state index contributed by atoms with van der Waals surface area (Å²) in [5.41, 5.74) is -0.357. The molecule has 0 aliphatic heterocycles. The first-order valence-corrected chi connectivity index (χ1v) is 4.86. The Balaban J connectivity index is 2.89. The predicted octanol–water partition coefficient (Wildman–Crippen LogP) is 2.07. The first-order valence-electron chi connectivity index (χ1n) is 4.86. The van der Waals surface area contributed by atoms with Crippen LogP contribution in [-0.4, -0.2) is 18.3 Å². The summed E-state index contributed by atoms with van der Waals surface area (Å²) in [7, 11) is 0. The van der Waals surface area contributed by atoms with Crippen LogP contribution in [0.1, 0.15) is 18.1 Å². The smallest absolute Gasteiger partial charge is 0.171 e. The second-order valence-corrected chi connectivity index (χ2v) is 3.24. The molecule has 0 aliphatic rings. The van der Waals surface area contributed by atoms with Crippen LogP contribution in [0, 0.1) is 28.8 Å². The third-order valence-corrected chi connectivity index (χ3v) is 2.03. The van der Waals surface area contributed by atoms with Crippen LogP contribution in [0.2, 0.25) is 0 Å². The number of benzene rings is 1. The van der Waals surface area contributed by atoms with E-state index in [0.717, 1.165) is 0 Å². The Kier molecular flexibility index (Phi) is 4.94. The number of ether oxygens (including phenoxy) is 1. The molecule has 0 bridgehead atoms. The van der Waals surface area contributed by atoms with Gasteiger partial charge in [-0.25, -0.2) is 13.2 Å². The standard InChI is InChI=1S/C11H10F3NO2/c12-8-5-10(14)9(13)4-7(8)11(6-15)17-3-1-2-16/h4-5,11,16H,1-3H2. The zero-order valence-electron chi connectivity index (χ0n) is 8.79. The Labute approximate surface area is 96.1 Å². The Hall–Kier alpha value is -1.58. The van der Waals surface area contributed by atoms with Gasteiger partial charge in [0, 0.05) is 18.2 Å². The van der Waals surface area contributed by atoms with Crippen molar-refractivity contribution < 1.29 is 23.0 Å². The molecule has 3 nitrogen and oxygen atoms in total. The van der Waals surface area contributed by atoms with Crippen molar-refractivity contribution in [1.82, 2.24) is 0 Å². The van der Waals surface area contributed by atoms with Crippen LogP contribution in [0.25, 0.3) is 0 Å². The fourth-order valence-corrected chi connectivity index (χ4v) is 1.20. The lowest BCUT2D eigenvalue weighted by atomic mass is 10.1. The highest BCUT2D eigenvalue weighted by atomic mass is 19.2. The van der Waals surface area contributed by atoms with E-state index in [2.05, 4.69) is 0 Å². The molecule has 1 aromatic rings. The number of aliphatic hydroxyl groups excluding tert-OH is 1. The van der Waals surface area contributed by atoms with Gasteiger partial charge in [-0.15, -0.1) is 0 Å². The molecule has 0 saturated carbocycles. The molecule has 0 fully saturated rings. The first-order chi connectivity index (χ1) is 8.10. The minimum atomic E-state index is -1.32. The van der Waals surface area contributed by atoms with Gasteiger partial charge in [-0.05, 0) is 12.5 Å². The Bertz CT molecular complexity index is 431. The average Bonchev–Trinajstić information content (AvgIpc) is 2.30. The molecule has 6 heteroatoms. The number of halogens is 3. The third kappa shape index (κ3) is 3.44. The molecule has 1 aromatic carbocycles. The summed E-state index contributed by atoms with van der Waals surface area (Å²) in [5, 5.41) is 17.3. The molecule has 0 aromatic heterocycles. The van der Waals surface area contributed by atoms with Gasteiger partial charge < -0.3 is 9.84 Å². The summed E-state index contributed by atoms with van der Waals surface area (Å²) in [4.78, 5) is 0. The van der Waals surface area contributed by atoms with E-state index in [1.54, 1.807) is 6.07 Å². The fourth-order valence-electron chi connectivity index (χ4n) is 1.20. The largest absolute Gasteiger partial charge is 0.396 e. The molecular weight excluding hydrogens is 235 g/mol. The van der Waals surface area contributed by atoms with Crippen molar-refractivity contribution >= 4 is 0 Å². The molecule has 0 radical (unpaired) electrons. The molecule has 0 spiro atoms. The number of rotatable bonds is 5. The highest BCUT2D eigenvalue weighted by Crippen LogP contribution is 2.22. The fraction of sp³-hybridized carbons (Fsp3) is 0.364. The summed E-state index contributed by atoms with van der Waals surface area (Å²) >= 11 is 0.